The summed E-state index contributed by atoms with van der Waals surface area (Å²) in [6, 6.07) is 32.7. The molecule has 0 bridgehead atoms. The smallest absolute Gasteiger partial charge is 0.223 e. The van der Waals surface area contributed by atoms with Crippen molar-refractivity contribution in [2.45, 2.75) is 45.4 Å². The van der Waals surface area contributed by atoms with Crippen LogP contribution >= 0.6 is 0 Å². The first-order valence-corrected chi connectivity index (χ1v) is 14.0. The molecule has 0 aromatic heterocycles. The molecule has 2 heterocycles. The predicted octanol–water partition coefficient (Wildman–Crippen LogP) is 5.93. The van der Waals surface area contributed by atoms with Crippen LogP contribution in [0.25, 0.3) is 10.8 Å². The van der Waals surface area contributed by atoms with E-state index >= 15 is 0 Å². The van der Waals surface area contributed by atoms with Crippen LogP contribution in [-0.4, -0.2) is 35.3 Å². The molecule has 6 rings (SSSR count). The fraction of sp³-hybridized carbons (Fsp3) is 0.324. The van der Waals surface area contributed by atoms with Crippen LogP contribution < -0.4 is 5.32 Å². The molecule has 0 spiro atoms. The number of piperidine rings is 1. The first-order valence-electron chi connectivity index (χ1n) is 14.0. The van der Waals surface area contributed by atoms with Gasteiger partial charge in [-0.3, -0.25) is 14.6 Å². The molecule has 0 atom stereocenters. The maximum absolute atomic E-state index is 12.9. The van der Waals surface area contributed by atoms with Gasteiger partial charge in [0.1, 0.15) is 0 Å². The van der Waals surface area contributed by atoms with E-state index in [9.17, 15) is 4.79 Å². The summed E-state index contributed by atoms with van der Waals surface area (Å²) in [5.41, 5.74) is 6.82. The van der Waals surface area contributed by atoms with Gasteiger partial charge in [0.2, 0.25) is 5.91 Å². The monoisotopic (exact) mass is 503 g/mol. The summed E-state index contributed by atoms with van der Waals surface area (Å²) in [7, 11) is 0. The van der Waals surface area contributed by atoms with E-state index < -0.39 is 0 Å². The van der Waals surface area contributed by atoms with Gasteiger partial charge >= 0.3 is 0 Å². The van der Waals surface area contributed by atoms with Crippen molar-refractivity contribution in [2.75, 3.05) is 19.6 Å². The Balaban J connectivity index is 0.952. The van der Waals surface area contributed by atoms with Gasteiger partial charge in [0.05, 0.1) is 0 Å². The van der Waals surface area contributed by atoms with Crippen LogP contribution in [-0.2, 0) is 37.4 Å². The van der Waals surface area contributed by atoms with Gasteiger partial charge in [-0.1, -0.05) is 91.0 Å². The average molecular weight is 504 g/mol. The number of carbonyl (C=O) groups excluding carboxylic acids is 1. The van der Waals surface area contributed by atoms with Crippen molar-refractivity contribution in [2.24, 2.45) is 5.92 Å². The van der Waals surface area contributed by atoms with E-state index in [1.807, 2.05) is 0 Å². The lowest BCUT2D eigenvalue weighted by Crippen LogP contribution is -2.40. The summed E-state index contributed by atoms with van der Waals surface area (Å²) in [4.78, 5) is 17.9. The molecule has 1 saturated heterocycles. The Hall–Kier alpha value is -3.47. The second-order valence-electron chi connectivity index (χ2n) is 11.0. The van der Waals surface area contributed by atoms with Crippen LogP contribution in [0.3, 0.4) is 0 Å². The summed E-state index contributed by atoms with van der Waals surface area (Å²) >= 11 is 0. The third-order valence-corrected chi connectivity index (χ3v) is 8.34. The predicted molar refractivity (Wildman–Crippen MR) is 154 cm³/mol. The van der Waals surface area contributed by atoms with Crippen LogP contribution in [0.2, 0.25) is 0 Å². The summed E-state index contributed by atoms with van der Waals surface area (Å²) in [5.74, 6) is 0.311. The number of benzene rings is 4. The van der Waals surface area contributed by atoms with Gasteiger partial charge in [0.25, 0.3) is 0 Å². The zero-order chi connectivity index (χ0) is 25.7. The Labute approximate surface area is 226 Å². The normalized spacial score (nSPS) is 16.8. The fourth-order valence-corrected chi connectivity index (χ4v) is 6.07. The molecular formula is C34H37N3O. The second-order valence-corrected chi connectivity index (χ2v) is 11.0. The third-order valence-electron chi connectivity index (χ3n) is 8.34. The molecule has 194 valence electrons. The van der Waals surface area contributed by atoms with Crippen molar-refractivity contribution in [1.29, 1.82) is 0 Å². The Morgan fingerprint density at radius 1 is 0.711 bits per heavy atom. The van der Waals surface area contributed by atoms with Gasteiger partial charge in [0.15, 0.2) is 0 Å². The highest BCUT2D eigenvalue weighted by Crippen LogP contribution is 2.24. The first kappa shape index (κ1) is 24.8. The molecule has 0 saturated carbocycles. The SMILES string of the molecule is O=C(NCc1ccc(CN2CCc3ccccc3C2)cc1)C1CCN(Cc2cccc3ccccc23)CC1. The number of hydrogen-bond donors (Lipinski definition) is 1. The van der Waals surface area contributed by atoms with Crippen molar-refractivity contribution in [3.05, 3.63) is 119 Å². The summed E-state index contributed by atoms with van der Waals surface area (Å²) in [6.07, 6.45) is 2.98. The van der Waals surface area contributed by atoms with Gasteiger partial charge in [-0.15, -0.1) is 0 Å². The van der Waals surface area contributed by atoms with Gasteiger partial charge in [-0.2, -0.15) is 0 Å². The van der Waals surface area contributed by atoms with Crippen LogP contribution in [0, 0.1) is 5.92 Å². The Morgan fingerprint density at radius 2 is 1.42 bits per heavy atom. The molecule has 4 heteroatoms. The Kier molecular flexibility index (Phi) is 7.52. The van der Waals surface area contributed by atoms with Crippen molar-refractivity contribution in [1.82, 2.24) is 15.1 Å². The Morgan fingerprint density at radius 3 is 2.26 bits per heavy atom. The van der Waals surface area contributed by atoms with E-state index in [0.29, 0.717) is 6.54 Å². The quantitative estimate of drug-likeness (QED) is 0.340. The second kappa shape index (κ2) is 11.5. The Bertz CT molecular complexity index is 1380. The van der Waals surface area contributed by atoms with Crippen molar-refractivity contribution < 1.29 is 4.79 Å². The molecule has 4 aromatic rings. The minimum Gasteiger partial charge on any atom is -0.352 e. The van der Waals surface area contributed by atoms with E-state index in [2.05, 4.69) is 106 Å². The molecule has 0 unspecified atom stereocenters. The highest BCUT2D eigenvalue weighted by atomic mass is 16.1. The van der Waals surface area contributed by atoms with Gasteiger partial charge in [0, 0.05) is 38.6 Å². The topological polar surface area (TPSA) is 35.6 Å². The highest BCUT2D eigenvalue weighted by Gasteiger charge is 2.25. The van der Waals surface area contributed by atoms with E-state index in [1.54, 1.807) is 0 Å². The molecule has 1 N–H and O–H groups in total. The zero-order valence-electron chi connectivity index (χ0n) is 22.1. The lowest BCUT2D eigenvalue weighted by atomic mass is 9.95. The maximum Gasteiger partial charge on any atom is 0.223 e. The standard InChI is InChI=1S/C34H37N3O/c38-34(30-17-19-36(20-18-30)25-32-10-5-9-29-7-3-4-11-33(29)32)35-22-26-12-14-27(15-13-26)23-37-21-16-28-6-1-2-8-31(28)24-37/h1-15,30H,16-25H2,(H,35,38). The number of fused-ring (bicyclic) bond motifs is 2. The van der Waals surface area contributed by atoms with E-state index in [0.717, 1.165) is 58.5 Å². The largest absolute Gasteiger partial charge is 0.352 e. The number of nitrogens with one attached hydrogen (secondary N) is 1. The maximum atomic E-state index is 12.9. The van der Waals surface area contributed by atoms with Crippen LogP contribution in [0.5, 0.6) is 0 Å². The number of carbonyl (C=O) groups is 1. The van der Waals surface area contributed by atoms with Gasteiger partial charge < -0.3 is 5.32 Å². The number of likely N-dealkylation sites (tertiary alicyclic amines) is 1. The molecule has 0 radical (unpaired) electrons. The van der Waals surface area contributed by atoms with Gasteiger partial charge in [-0.05, 0) is 70.9 Å². The summed E-state index contributed by atoms with van der Waals surface area (Å²) in [6.45, 7) is 6.59. The van der Waals surface area contributed by atoms with E-state index in [4.69, 9.17) is 0 Å². The minimum absolute atomic E-state index is 0.111. The summed E-state index contributed by atoms with van der Waals surface area (Å²) in [5, 5.41) is 5.83. The van der Waals surface area contributed by atoms with Crippen molar-refractivity contribution in [3.8, 4) is 0 Å². The molecule has 38 heavy (non-hydrogen) atoms. The van der Waals surface area contributed by atoms with Crippen LogP contribution in [0.4, 0.5) is 0 Å². The van der Waals surface area contributed by atoms with Crippen LogP contribution in [0.1, 0.15) is 40.7 Å². The van der Waals surface area contributed by atoms with Crippen molar-refractivity contribution in [3.63, 3.8) is 0 Å². The number of rotatable bonds is 7. The first-order chi connectivity index (χ1) is 18.7. The number of nitrogens with zero attached hydrogens (tertiary/aromatic N) is 2. The average Bonchev–Trinajstić information content (AvgIpc) is 2.97. The van der Waals surface area contributed by atoms with E-state index in [1.165, 1.54) is 38.6 Å². The number of amides is 1. The lowest BCUT2D eigenvalue weighted by molar-refractivity contribution is -0.126. The molecule has 0 aliphatic carbocycles. The van der Waals surface area contributed by atoms with E-state index in [-0.39, 0.29) is 11.8 Å². The number of hydrogen-bond acceptors (Lipinski definition) is 3. The molecule has 2 aliphatic rings. The van der Waals surface area contributed by atoms with Crippen molar-refractivity contribution >= 4 is 16.7 Å². The summed E-state index contributed by atoms with van der Waals surface area (Å²) < 4.78 is 0. The lowest BCUT2D eigenvalue weighted by Gasteiger charge is -2.31. The zero-order valence-corrected chi connectivity index (χ0v) is 22.1. The van der Waals surface area contributed by atoms with Crippen LogP contribution in [0.15, 0.2) is 91.0 Å². The molecule has 2 aliphatic heterocycles. The molecule has 1 amide bonds. The van der Waals surface area contributed by atoms with Gasteiger partial charge in [-0.25, -0.2) is 0 Å². The minimum atomic E-state index is 0.111. The molecule has 1 fully saturated rings. The fourth-order valence-electron chi connectivity index (χ4n) is 6.07. The molecule has 4 nitrogen and oxygen atoms in total. The molecule has 4 aromatic carbocycles. The highest BCUT2D eigenvalue weighted by molar-refractivity contribution is 5.85. The third kappa shape index (κ3) is 5.82. The molecular weight excluding hydrogens is 466 g/mol.